The van der Waals surface area contributed by atoms with Crippen LogP contribution < -0.4 is 5.32 Å². The van der Waals surface area contributed by atoms with E-state index in [1.807, 2.05) is 12.1 Å². The molecule has 0 fully saturated rings. The molecule has 0 unspecified atom stereocenters. The molecule has 0 bridgehead atoms. The molecule has 1 aromatic heterocycles. The number of nitrogens with zero attached hydrogens (tertiary/aromatic N) is 1. The number of amides is 1. The SMILES string of the molecule is O=C(NC[C@@H]1CCCc2ccccc21)c1ccccn1. The van der Waals surface area contributed by atoms with Crippen molar-refractivity contribution in [1.29, 1.82) is 0 Å². The van der Waals surface area contributed by atoms with Crippen LogP contribution in [0.1, 0.15) is 40.4 Å². The molecular weight excluding hydrogens is 248 g/mol. The highest BCUT2D eigenvalue weighted by Crippen LogP contribution is 2.30. The van der Waals surface area contributed by atoms with Crippen LogP contribution in [-0.2, 0) is 6.42 Å². The summed E-state index contributed by atoms with van der Waals surface area (Å²) in [5.74, 6) is 0.335. The Morgan fingerprint density at radius 1 is 1.20 bits per heavy atom. The van der Waals surface area contributed by atoms with E-state index in [1.54, 1.807) is 12.3 Å². The number of benzene rings is 1. The summed E-state index contributed by atoms with van der Waals surface area (Å²) in [6.07, 6.45) is 5.13. The van der Waals surface area contributed by atoms with Gasteiger partial charge < -0.3 is 5.32 Å². The van der Waals surface area contributed by atoms with E-state index >= 15 is 0 Å². The Morgan fingerprint density at radius 2 is 2.05 bits per heavy atom. The Labute approximate surface area is 119 Å². The Kier molecular flexibility index (Phi) is 3.77. The first kappa shape index (κ1) is 12.9. The molecule has 1 aliphatic rings. The molecule has 20 heavy (non-hydrogen) atoms. The molecule has 1 aliphatic carbocycles. The van der Waals surface area contributed by atoms with Gasteiger partial charge in [0.2, 0.25) is 0 Å². The van der Waals surface area contributed by atoms with E-state index in [0.717, 1.165) is 12.8 Å². The molecule has 0 saturated heterocycles. The summed E-state index contributed by atoms with van der Waals surface area (Å²) in [6, 6.07) is 13.9. The third kappa shape index (κ3) is 2.72. The second kappa shape index (κ2) is 5.87. The molecule has 0 saturated carbocycles. The van der Waals surface area contributed by atoms with Crippen LogP contribution in [0, 0.1) is 0 Å². The van der Waals surface area contributed by atoms with Gasteiger partial charge in [-0.05, 0) is 42.5 Å². The van der Waals surface area contributed by atoms with Gasteiger partial charge in [0.05, 0.1) is 0 Å². The molecule has 1 aromatic carbocycles. The number of carbonyl (C=O) groups excluding carboxylic acids is 1. The smallest absolute Gasteiger partial charge is 0.269 e. The molecule has 1 atom stereocenters. The van der Waals surface area contributed by atoms with Crippen LogP contribution in [0.2, 0.25) is 0 Å². The monoisotopic (exact) mass is 266 g/mol. The minimum atomic E-state index is -0.0892. The highest BCUT2D eigenvalue weighted by molar-refractivity contribution is 5.92. The summed E-state index contributed by atoms with van der Waals surface area (Å²) in [6.45, 7) is 0.687. The number of aromatic nitrogens is 1. The summed E-state index contributed by atoms with van der Waals surface area (Å²) < 4.78 is 0. The van der Waals surface area contributed by atoms with Gasteiger partial charge in [-0.15, -0.1) is 0 Å². The summed E-state index contributed by atoms with van der Waals surface area (Å²) in [4.78, 5) is 16.1. The molecular formula is C17H18N2O. The summed E-state index contributed by atoms with van der Waals surface area (Å²) >= 11 is 0. The van der Waals surface area contributed by atoms with Gasteiger partial charge >= 0.3 is 0 Å². The first-order chi connectivity index (χ1) is 9.84. The van der Waals surface area contributed by atoms with Crippen molar-refractivity contribution in [1.82, 2.24) is 10.3 Å². The Balaban J connectivity index is 1.67. The van der Waals surface area contributed by atoms with Crippen LogP contribution >= 0.6 is 0 Å². The van der Waals surface area contributed by atoms with Gasteiger partial charge in [-0.3, -0.25) is 9.78 Å². The molecule has 102 valence electrons. The molecule has 3 nitrogen and oxygen atoms in total. The topological polar surface area (TPSA) is 42.0 Å². The molecule has 2 aromatic rings. The minimum Gasteiger partial charge on any atom is -0.350 e. The third-order valence-electron chi connectivity index (χ3n) is 3.90. The van der Waals surface area contributed by atoms with Crippen molar-refractivity contribution in [3.63, 3.8) is 0 Å². The Bertz CT molecular complexity index is 595. The number of aryl methyl sites for hydroxylation is 1. The van der Waals surface area contributed by atoms with E-state index in [0.29, 0.717) is 18.2 Å². The standard InChI is InChI=1S/C17H18N2O/c20-17(16-10-3-4-11-18-16)19-12-14-8-5-7-13-6-1-2-9-15(13)14/h1-4,6,9-11,14H,5,7-8,12H2,(H,19,20)/t14-/m0/s1. The first-order valence-electron chi connectivity index (χ1n) is 7.11. The largest absolute Gasteiger partial charge is 0.350 e. The number of carbonyl (C=O) groups is 1. The van der Waals surface area contributed by atoms with Crippen molar-refractivity contribution < 1.29 is 4.79 Å². The number of hydrogen-bond donors (Lipinski definition) is 1. The fraction of sp³-hybridized carbons (Fsp3) is 0.294. The van der Waals surface area contributed by atoms with Gasteiger partial charge in [-0.2, -0.15) is 0 Å². The summed E-state index contributed by atoms with van der Waals surface area (Å²) in [5.41, 5.74) is 3.30. The lowest BCUT2D eigenvalue weighted by Gasteiger charge is -2.25. The number of nitrogens with one attached hydrogen (secondary N) is 1. The number of hydrogen-bond acceptors (Lipinski definition) is 2. The quantitative estimate of drug-likeness (QED) is 0.928. The molecule has 3 rings (SSSR count). The van der Waals surface area contributed by atoms with Gasteiger partial charge in [0, 0.05) is 18.7 Å². The molecule has 1 heterocycles. The van der Waals surface area contributed by atoms with Crippen molar-refractivity contribution in [3.05, 3.63) is 65.5 Å². The van der Waals surface area contributed by atoms with Crippen molar-refractivity contribution in [3.8, 4) is 0 Å². The highest BCUT2D eigenvalue weighted by atomic mass is 16.1. The zero-order valence-corrected chi connectivity index (χ0v) is 11.4. The van der Waals surface area contributed by atoms with E-state index in [4.69, 9.17) is 0 Å². The van der Waals surface area contributed by atoms with Gasteiger partial charge in [0.25, 0.3) is 5.91 Å². The lowest BCUT2D eigenvalue weighted by Crippen LogP contribution is -2.30. The zero-order valence-electron chi connectivity index (χ0n) is 11.4. The average Bonchev–Trinajstić information content (AvgIpc) is 2.53. The van der Waals surface area contributed by atoms with E-state index in [1.165, 1.54) is 17.5 Å². The Morgan fingerprint density at radius 3 is 2.90 bits per heavy atom. The van der Waals surface area contributed by atoms with Crippen LogP contribution in [0.3, 0.4) is 0 Å². The zero-order chi connectivity index (χ0) is 13.8. The fourth-order valence-corrected chi connectivity index (χ4v) is 2.87. The number of rotatable bonds is 3. The van der Waals surface area contributed by atoms with Crippen molar-refractivity contribution in [2.75, 3.05) is 6.54 Å². The second-order valence-electron chi connectivity index (χ2n) is 5.21. The van der Waals surface area contributed by atoms with E-state index in [-0.39, 0.29) is 5.91 Å². The van der Waals surface area contributed by atoms with Crippen LogP contribution in [-0.4, -0.2) is 17.4 Å². The van der Waals surface area contributed by atoms with Crippen molar-refractivity contribution >= 4 is 5.91 Å². The molecule has 0 spiro atoms. The molecule has 1 amide bonds. The maximum absolute atomic E-state index is 12.0. The maximum Gasteiger partial charge on any atom is 0.269 e. The predicted molar refractivity (Wildman–Crippen MR) is 78.7 cm³/mol. The fourth-order valence-electron chi connectivity index (χ4n) is 2.87. The van der Waals surface area contributed by atoms with Crippen LogP contribution in [0.4, 0.5) is 0 Å². The Hall–Kier alpha value is -2.16. The molecule has 0 aliphatic heterocycles. The second-order valence-corrected chi connectivity index (χ2v) is 5.21. The van der Waals surface area contributed by atoms with E-state index in [9.17, 15) is 4.79 Å². The summed E-state index contributed by atoms with van der Waals surface area (Å²) in [7, 11) is 0. The van der Waals surface area contributed by atoms with Gasteiger partial charge in [0.1, 0.15) is 5.69 Å². The van der Waals surface area contributed by atoms with Gasteiger partial charge in [-0.1, -0.05) is 30.3 Å². The van der Waals surface area contributed by atoms with Gasteiger partial charge in [0.15, 0.2) is 0 Å². The lowest BCUT2D eigenvalue weighted by atomic mass is 9.83. The lowest BCUT2D eigenvalue weighted by molar-refractivity contribution is 0.0945. The maximum atomic E-state index is 12.0. The predicted octanol–water partition coefficient (Wildman–Crippen LogP) is 2.93. The third-order valence-corrected chi connectivity index (χ3v) is 3.90. The molecule has 3 heteroatoms. The highest BCUT2D eigenvalue weighted by Gasteiger charge is 2.20. The molecule has 1 N–H and O–H groups in total. The van der Waals surface area contributed by atoms with Crippen LogP contribution in [0.15, 0.2) is 48.7 Å². The van der Waals surface area contributed by atoms with E-state index < -0.39 is 0 Å². The number of pyridine rings is 1. The van der Waals surface area contributed by atoms with Crippen molar-refractivity contribution in [2.24, 2.45) is 0 Å². The number of fused-ring (bicyclic) bond motifs is 1. The normalized spacial score (nSPS) is 17.3. The van der Waals surface area contributed by atoms with Crippen LogP contribution in [0.25, 0.3) is 0 Å². The minimum absolute atomic E-state index is 0.0892. The van der Waals surface area contributed by atoms with Crippen molar-refractivity contribution in [2.45, 2.75) is 25.2 Å². The van der Waals surface area contributed by atoms with Gasteiger partial charge in [-0.25, -0.2) is 0 Å². The van der Waals surface area contributed by atoms with E-state index in [2.05, 4.69) is 34.6 Å². The van der Waals surface area contributed by atoms with Crippen LogP contribution in [0.5, 0.6) is 0 Å². The summed E-state index contributed by atoms with van der Waals surface area (Å²) in [5, 5.41) is 3.01. The molecule has 0 radical (unpaired) electrons. The first-order valence-corrected chi connectivity index (χ1v) is 7.11. The average molecular weight is 266 g/mol.